The molecular weight excluding hydrogens is 249 g/mol. The number of ether oxygens (including phenoxy) is 1. The van der Waals surface area contributed by atoms with Crippen LogP contribution in [0.5, 0.6) is 5.75 Å². The van der Waals surface area contributed by atoms with Gasteiger partial charge < -0.3 is 15.2 Å². The van der Waals surface area contributed by atoms with Gasteiger partial charge in [0.1, 0.15) is 11.6 Å². The van der Waals surface area contributed by atoms with Crippen LogP contribution >= 0.6 is 0 Å². The van der Waals surface area contributed by atoms with Crippen molar-refractivity contribution in [3.05, 3.63) is 30.1 Å². The minimum Gasteiger partial charge on any atom is -0.481 e. The molecule has 1 atom stereocenters. The van der Waals surface area contributed by atoms with Crippen LogP contribution in [0.25, 0.3) is 0 Å². The number of rotatable bonds is 5. The largest absolute Gasteiger partial charge is 0.481 e. The van der Waals surface area contributed by atoms with Crippen molar-refractivity contribution in [2.45, 2.75) is 32.0 Å². The first-order valence-corrected chi connectivity index (χ1v) is 6.42. The molecule has 0 radical (unpaired) electrons. The maximum atomic E-state index is 12.7. The molecule has 1 aromatic rings. The highest BCUT2D eigenvalue weighted by Crippen LogP contribution is 2.26. The van der Waals surface area contributed by atoms with Crippen molar-refractivity contribution in [3.63, 3.8) is 0 Å². The minimum atomic E-state index is -0.629. The van der Waals surface area contributed by atoms with Gasteiger partial charge in [-0.2, -0.15) is 0 Å². The van der Waals surface area contributed by atoms with E-state index < -0.39 is 6.10 Å². The first-order valence-electron chi connectivity index (χ1n) is 6.42. The van der Waals surface area contributed by atoms with Crippen LogP contribution in [0.1, 0.15) is 19.8 Å². The van der Waals surface area contributed by atoms with Crippen LogP contribution in [0.4, 0.5) is 4.39 Å². The summed E-state index contributed by atoms with van der Waals surface area (Å²) < 4.78 is 18.1. The first-order chi connectivity index (χ1) is 9.04. The SMILES string of the molecule is CC(Oc1ccc(F)cc1)C(=O)NCC1CC(O)C1. The molecule has 0 heterocycles. The summed E-state index contributed by atoms with van der Waals surface area (Å²) in [4.78, 5) is 11.8. The second-order valence-corrected chi connectivity index (χ2v) is 4.95. The van der Waals surface area contributed by atoms with Crippen LogP contribution < -0.4 is 10.1 Å². The lowest BCUT2D eigenvalue weighted by molar-refractivity contribution is -0.127. The Morgan fingerprint density at radius 2 is 2.11 bits per heavy atom. The van der Waals surface area contributed by atoms with Crippen molar-refractivity contribution in [3.8, 4) is 5.75 Å². The Morgan fingerprint density at radius 3 is 2.68 bits per heavy atom. The fourth-order valence-corrected chi connectivity index (χ4v) is 2.03. The maximum Gasteiger partial charge on any atom is 0.260 e. The molecule has 0 aromatic heterocycles. The number of hydrogen-bond donors (Lipinski definition) is 2. The summed E-state index contributed by atoms with van der Waals surface area (Å²) in [5.41, 5.74) is 0. The summed E-state index contributed by atoms with van der Waals surface area (Å²) in [5.74, 6) is 0.277. The van der Waals surface area contributed by atoms with Crippen LogP contribution in [0.2, 0.25) is 0 Å². The van der Waals surface area contributed by atoms with E-state index in [1.807, 2.05) is 0 Å². The molecule has 4 nitrogen and oxygen atoms in total. The zero-order chi connectivity index (χ0) is 13.8. The highest BCUT2D eigenvalue weighted by molar-refractivity contribution is 5.80. The summed E-state index contributed by atoms with van der Waals surface area (Å²) in [7, 11) is 0. The van der Waals surface area contributed by atoms with E-state index in [0.29, 0.717) is 18.2 Å². The molecule has 0 spiro atoms. The van der Waals surface area contributed by atoms with Crippen molar-refractivity contribution in [1.29, 1.82) is 0 Å². The molecule has 1 fully saturated rings. The van der Waals surface area contributed by atoms with Gasteiger partial charge in [0.2, 0.25) is 0 Å². The highest BCUT2D eigenvalue weighted by atomic mass is 19.1. The van der Waals surface area contributed by atoms with Crippen LogP contribution in [0, 0.1) is 11.7 Å². The Balaban J connectivity index is 1.74. The van der Waals surface area contributed by atoms with E-state index in [1.54, 1.807) is 6.92 Å². The first kappa shape index (κ1) is 13.8. The standard InChI is InChI=1S/C14H18FNO3/c1-9(19-13-4-2-11(15)3-5-13)14(18)16-8-10-6-12(17)7-10/h2-5,9-10,12,17H,6-8H2,1H3,(H,16,18). The van der Waals surface area contributed by atoms with Crippen molar-refractivity contribution in [2.75, 3.05) is 6.54 Å². The lowest BCUT2D eigenvalue weighted by Crippen LogP contribution is -2.42. The van der Waals surface area contributed by atoms with E-state index in [4.69, 9.17) is 9.84 Å². The van der Waals surface area contributed by atoms with E-state index in [-0.39, 0.29) is 17.8 Å². The Labute approximate surface area is 111 Å². The van der Waals surface area contributed by atoms with Gasteiger partial charge in [0.15, 0.2) is 6.10 Å². The van der Waals surface area contributed by atoms with Gasteiger partial charge in [0.25, 0.3) is 5.91 Å². The molecule has 1 aliphatic carbocycles. The highest BCUT2D eigenvalue weighted by Gasteiger charge is 2.27. The lowest BCUT2D eigenvalue weighted by atomic mass is 9.82. The third kappa shape index (κ3) is 3.92. The predicted octanol–water partition coefficient (Wildman–Crippen LogP) is 1.48. The van der Waals surface area contributed by atoms with E-state index >= 15 is 0 Å². The van der Waals surface area contributed by atoms with Gasteiger partial charge in [-0.05, 0) is 49.9 Å². The number of carbonyl (C=O) groups excluding carboxylic acids is 1. The summed E-state index contributed by atoms with van der Waals surface area (Å²) in [6.07, 6.45) is 0.645. The quantitative estimate of drug-likeness (QED) is 0.849. The second-order valence-electron chi connectivity index (χ2n) is 4.95. The van der Waals surface area contributed by atoms with Gasteiger partial charge in [-0.1, -0.05) is 0 Å². The normalized spacial score (nSPS) is 23.3. The number of aliphatic hydroxyl groups excluding tert-OH is 1. The predicted molar refractivity (Wildman–Crippen MR) is 68.2 cm³/mol. The Kier molecular flexibility index (Phi) is 4.37. The van der Waals surface area contributed by atoms with Crippen LogP contribution in [0.15, 0.2) is 24.3 Å². The molecule has 5 heteroatoms. The summed E-state index contributed by atoms with van der Waals surface area (Å²) in [6.45, 7) is 2.21. The fourth-order valence-electron chi connectivity index (χ4n) is 2.03. The smallest absolute Gasteiger partial charge is 0.260 e. The molecule has 2 rings (SSSR count). The second kappa shape index (κ2) is 6.02. The van der Waals surface area contributed by atoms with E-state index in [1.165, 1.54) is 24.3 Å². The molecule has 104 valence electrons. The van der Waals surface area contributed by atoms with Crippen molar-refractivity contribution < 1.29 is 19.0 Å². The van der Waals surface area contributed by atoms with Gasteiger partial charge in [0, 0.05) is 6.54 Å². The van der Waals surface area contributed by atoms with Gasteiger partial charge in [-0.15, -0.1) is 0 Å². The van der Waals surface area contributed by atoms with Gasteiger partial charge in [-0.3, -0.25) is 4.79 Å². The van der Waals surface area contributed by atoms with Crippen LogP contribution in [0.3, 0.4) is 0 Å². The number of hydrogen-bond acceptors (Lipinski definition) is 3. The molecule has 0 saturated heterocycles. The maximum absolute atomic E-state index is 12.7. The summed E-state index contributed by atoms with van der Waals surface area (Å²) in [6, 6.07) is 5.55. The summed E-state index contributed by atoms with van der Waals surface area (Å²) >= 11 is 0. The van der Waals surface area contributed by atoms with Crippen molar-refractivity contribution in [1.82, 2.24) is 5.32 Å². The number of nitrogens with one attached hydrogen (secondary N) is 1. The summed E-state index contributed by atoms with van der Waals surface area (Å²) in [5, 5.41) is 11.9. The molecule has 1 aromatic carbocycles. The van der Waals surface area contributed by atoms with Gasteiger partial charge >= 0.3 is 0 Å². The average molecular weight is 267 g/mol. The van der Waals surface area contributed by atoms with Gasteiger partial charge in [0.05, 0.1) is 6.10 Å². The van der Waals surface area contributed by atoms with Gasteiger partial charge in [-0.25, -0.2) is 4.39 Å². The Morgan fingerprint density at radius 1 is 1.47 bits per heavy atom. The zero-order valence-corrected chi connectivity index (χ0v) is 10.8. The fraction of sp³-hybridized carbons (Fsp3) is 0.500. The molecule has 1 unspecified atom stereocenters. The van der Waals surface area contributed by atoms with Crippen LogP contribution in [-0.2, 0) is 4.79 Å². The molecule has 2 N–H and O–H groups in total. The van der Waals surface area contributed by atoms with Crippen LogP contribution in [-0.4, -0.2) is 29.8 Å². The number of halogens is 1. The molecule has 1 aliphatic rings. The molecular formula is C14H18FNO3. The van der Waals surface area contributed by atoms with E-state index in [2.05, 4.69) is 5.32 Å². The number of benzene rings is 1. The molecule has 0 aliphatic heterocycles. The number of aliphatic hydroxyl groups is 1. The molecule has 0 bridgehead atoms. The van der Waals surface area contributed by atoms with Crippen molar-refractivity contribution in [2.24, 2.45) is 5.92 Å². The average Bonchev–Trinajstić information content (AvgIpc) is 2.35. The monoisotopic (exact) mass is 267 g/mol. The number of carbonyl (C=O) groups is 1. The molecule has 1 amide bonds. The Hall–Kier alpha value is -1.62. The third-order valence-corrected chi connectivity index (χ3v) is 3.27. The number of amides is 1. The Bertz CT molecular complexity index is 429. The topological polar surface area (TPSA) is 58.6 Å². The van der Waals surface area contributed by atoms with E-state index in [9.17, 15) is 9.18 Å². The zero-order valence-electron chi connectivity index (χ0n) is 10.8. The molecule has 1 saturated carbocycles. The third-order valence-electron chi connectivity index (χ3n) is 3.27. The van der Waals surface area contributed by atoms with Crippen molar-refractivity contribution >= 4 is 5.91 Å². The minimum absolute atomic E-state index is 0.203. The molecule has 19 heavy (non-hydrogen) atoms. The lowest BCUT2D eigenvalue weighted by Gasteiger charge is -2.31. The van der Waals surface area contributed by atoms with E-state index in [0.717, 1.165) is 12.8 Å².